The Kier molecular flexibility index (Phi) is 8.35. The number of carbonyl (C=O) groups excluding carboxylic acids is 2. The summed E-state index contributed by atoms with van der Waals surface area (Å²) < 4.78 is 29.9. The first-order valence-corrected chi connectivity index (χ1v) is 14.4. The van der Waals surface area contributed by atoms with E-state index in [1.165, 1.54) is 0 Å². The summed E-state index contributed by atoms with van der Waals surface area (Å²) in [6.45, 7) is 12.4. The van der Waals surface area contributed by atoms with Gasteiger partial charge in [0.05, 0.1) is 36.8 Å². The third-order valence-corrected chi connectivity index (χ3v) is 8.25. The van der Waals surface area contributed by atoms with Gasteiger partial charge in [-0.05, 0) is 76.3 Å². The van der Waals surface area contributed by atoms with E-state index in [2.05, 4.69) is 0 Å². The molecule has 2 saturated heterocycles. The molecule has 9 heteroatoms. The zero-order valence-corrected chi connectivity index (χ0v) is 25.1. The molecule has 0 bridgehead atoms. The monoisotopic (exact) mass is 571 g/mol. The number of rotatable bonds is 9. The second-order valence-corrected chi connectivity index (χ2v) is 11.8. The normalized spacial score (nSPS) is 20.9. The van der Waals surface area contributed by atoms with Gasteiger partial charge < -0.3 is 23.5 Å². The first-order valence-electron chi connectivity index (χ1n) is 14.4. The summed E-state index contributed by atoms with van der Waals surface area (Å²) in [5.74, 6) is 0.851. The molecular formula is C33H38BNO7. The van der Waals surface area contributed by atoms with Gasteiger partial charge in [-0.3, -0.25) is 9.69 Å². The van der Waals surface area contributed by atoms with E-state index in [1.807, 2.05) is 107 Å². The number of carbonyl (C=O) groups is 2. The van der Waals surface area contributed by atoms with Crippen LogP contribution in [0.15, 0.2) is 72.8 Å². The molecule has 2 aliphatic rings. The average Bonchev–Trinajstić information content (AvgIpc) is 3.35. The molecule has 0 radical (unpaired) electrons. The van der Waals surface area contributed by atoms with Crippen molar-refractivity contribution in [3.63, 3.8) is 0 Å². The quantitative estimate of drug-likeness (QED) is 0.231. The highest BCUT2D eigenvalue weighted by atomic mass is 16.7. The Labute approximate surface area is 248 Å². The molecule has 2 fully saturated rings. The van der Waals surface area contributed by atoms with E-state index in [-0.39, 0.29) is 37.2 Å². The number of amides is 1. The van der Waals surface area contributed by atoms with Gasteiger partial charge in [0.1, 0.15) is 17.6 Å². The van der Waals surface area contributed by atoms with Crippen molar-refractivity contribution in [2.75, 3.05) is 6.61 Å². The zero-order valence-electron chi connectivity index (χ0n) is 25.1. The van der Waals surface area contributed by atoms with Crippen molar-refractivity contribution in [3.05, 3.63) is 89.5 Å². The van der Waals surface area contributed by atoms with E-state index in [0.29, 0.717) is 18.1 Å². The number of hydrogen-bond acceptors (Lipinski definition) is 7. The average molecular weight is 571 g/mol. The fourth-order valence-corrected chi connectivity index (χ4v) is 5.16. The lowest BCUT2D eigenvalue weighted by Gasteiger charge is -2.32. The molecule has 2 heterocycles. The molecule has 0 aromatic heterocycles. The maximum absolute atomic E-state index is 13.1. The molecule has 2 aliphatic heterocycles. The van der Waals surface area contributed by atoms with Crippen LogP contribution in [0.5, 0.6) is 11.5 Å². The lowest BCUT2D eigenvalue weighted by molar-refractivity contribution is -0.142. The number of nitrogens with zero attached hydrogens (tertiary/aromatic N) is 1. The molecule has 0 saturated carbocycles. The van der Waals surface area contributed by atoms with Gasteiger partial charge in [0.15, 0.2) is 0 Å². The van der Waals surface area contributed by atoms with Crippen LogP contribution in [0.3, 0.4) is 0 Å². The van der Waals surface area contributed by atoms with E-state index in [4.69, 9.17) is 23.5 Å². The molecule has 220 valence electrons. The summed E-state index contributed by atoms with van der Waals surface area (Å²) in [7, 11) is -0.573. The highest BCUT2D eigenvalue weighted by molar-refractivity contribution is 6.62. The van der Waals surface area contributed by atoms with Crippen LogP contribution in [0.25, 0.3) is 0 Å². The lowest BCUT2D eigenvalue weighted by Crippen LogP contribution is -2.41. The first kappa shape index (κ1) is 29.7. The van der Waals surface area contributed by atoms with E-state index >= 15 is 0 Å². The molecule has 8 nitrogen and oxygen atoms in total. The fraction of sp³-hybridized carbons (Fsp3) is 0.394. The van der Waals surface area contributed by atoms with Crippen LogP contribution >= 0.6 is 0 Å². The molecule has 3 aromatic carbocycles. The smallest absolute Gasteiger partial charge is 0.466 e. The van der Waals surface area contributed by atoms with Crippen LogP contribution in [-0.4, -0.2) is 47.9 Å². The molecule has 2 unspecified atom stereocenters. The van der Waals surface area contributed by atoms with E-state index in [9.17, 15) is 9.59 Å². The van der Waals surface area contributed by atoms with Crippen LogP contribution in [0.4, 0.5) is 4.79 Å². The summed E-state index contributed by atoms with van der Waals surface area (Å²) in [6.07, 6.45) is -0.620. The fourth-order valence-electron chi connectivity index (χ4n) is 5.16. The Bertz CT molecular complexity index is 1430. The van der Waals surface area contributed by atoms with Gasteiger partial charge >= 0.3 is 19.2 Å². The molecular weight excluding hydrogens is 533 g/mol. The highest BCUT2D eigenvalue weighted by Crippen LogP contribution is 2.38. The van der Waals surface area contributed by atoms with Crippen molar-refractivity contribution in [2.24, 2.45) is 0 Å². The number of cyclic esters (lactones) is 1. The number of esters is 1. The van der Waals surface area contributed by atoms with Gasteiger partial charge in [0, 0.05) is 5.56 Å². The molecule has 2 atom stereocenters. The van der Waals surface area contributed by atoms with Crippen LogP contribution < -0.4 is 10.2 Å². The first-order chi connectivity index (χ1) is 20.0. The third-order valence-electron chi connectivity index (χ3n) is 8.25. The molecule has 1 amide bonds. The molecule has 0 aliphatic carbocycles. The SMILES string of the molecule is CCOC(=O)Cc1cccc(Oc2ccc(B3OC(C)(C)C(C)(C)O3)cc2CN2C(=O)OC(c3ccccc3)C2C)c1. The lowest BCUT2D eigenvalue weighted by atomic mass is 9.78. The summed E-state index contributed by atoms with van der Waals surface area (Å²) in [4.78, 5) is 26.9. The van der Waals surface area contributed by atoms with Crippen molar-refractivity contribution in [1.29, 1.82) is 0 Å². The number of hydrogen-bond donors (Lipinski definition) is 0. The summed E-state index contributed by atoms with van der Waals surface area (Å²) in [5.41, 5.74) is 2.33. The van der Waals surface area contributed by atoms with Crippen LogP contribution in [0.1, 0.15) is 64.3 Å². The Hall–Kier alpha value is -3.82. The van der Waals surface area contributed by atoms with Gasteiger partial charge in [-0.1, -0.05) is 54.6 Å². The molecule has 0 N–H and O–H groups in total. The van der Waals surface area contributed by atoms with Crippen LogP contribution in [0.2, 0.25) is 0 Å². The van der Waals surface area contributed by atoms with Crippen molar-refractivity contribution in [1.82, 2.24) is 4.90 Å². The summed E-state index contributed by atoms with van der Waals surface area (Å²) >= 11 is 0. The number of benzene rings is 3. The topological polar surface area (TPSA) is 83.5 Å². The second kappa shape index (κ2) is 11.8. The zero-order chi connectivity index (χ0) is 30.1. The van der Waals surface area contributed by atoms with Gasteiger partial charge in [0.2, 0.25) is 0 Å². The predicted molar refractivity (Wildman–Crippen MR) is 160 cm³/mol. The maximum Gasteiger partial charge on any atom is 0.494 e. The van der Waals surface area contributed by atoms with E-state index in [1.54, 1.807) is 11.8 Å². The molecule has 42 heavy (non-hydrogen) atoms. The third kappa shape index (κ3) is 6.17. The maximum atomic E-state index is 13.1. The van der Waals surface area contributed by atoms with Crippen molar-refractivity contribution >= 4 is 24.6 Å². The van der Waals surface area contributed by atoms with Crippen LogP contribution in [0, 0.1) is 0 Å². The standard InChI is InChI=1S/C33H38BNO7/c1-7-38-29(36)19-23-12-11-15-27(18-23)39-28-17-16-26(34-41-32(3,4)33(5,6)42-34)20-25(28)21-35-22(2)30(40-31(35)37)24-13-9-8-10-14-24/h8-18,20,22,30H,7,19,21H2,1-6H3. The largest absolute Gasteiger partial charge is 0.494 e. The van der Waals surface area contributed by atoms with Gasteiger partial charge in [-0.15, -0.1) is 0 Å². The Balaban J connectivity index is 1.45. The second-order valence-electron chi connectivity index (χ2n) is 11.8. The predicted octanol–water partition coefficient (Wildman–Crippen LogP) is 5.97. The highest BCUT2D eigenvalue weighted by Gasteiger charge is 2.52. The van der Waals surface area contributed by atoms with Gasteiger partial charge in [-0.2, -0.15) is 0 Å². The van der Waals surface area contributed by atoms with Crippen molar-refractivity contribution in [3.8, 4) is 11.5 Å². The summed E-state index contributed by atoms with van der Waals surface area (Å²) in [6, 6.07) is 22.7. The molecule has 5 rings (SSSR count). The molecule has 0 spiro atoms. The Morgan fingerprint density at radius 3 is 2.36 bits per heavy atom. The van der Waals surface area contributed by atoms with Crippen molar-refractivity contribution in [2.45, 2.75) is 77.9 Å². The minimum Gasteiger partial charge on any atom is -0.466 e. The van der Waals surface area contributed by atoms with Crippen molar-refractivity contribution < 1.29 is 33.1 Å². The Morgan fingerprint density at radius 2 is 1.67 bits per heavy atom. The van der Waals surface area contributed by atoms with E-state index in [0.717, 1.165) is 22.2 Å². The van der Waals surface area contributed by atoms with Crippen LogP contribution in [-0.2, 0) is 36.5 Å². The van der Waals surface area contributed by atoms with Gasteiger partial charge in [0.25, 0.3) is 0 Å². The Morgan fingerprint density at radius 1 is 0.952 bits per heavy atom. The summed E-state index contributed by atoms with van der Waals surface area (Å²) in [5, 5.41) is 0. The van der Waals surface area contributed by atoms with Gasteiger partial charge in [-0.25, -0.2) is 4.79 Å². The van der Waals surface area contributed by atoms with E-state index < -0.39 is 18.3 Å². The molecule has 3 aromatic rings. The number of ether oxygens (including phenoxy) is 3. The minimum atomic E-state index is -0.573. The minimum absolute atomic E-state index is 0.150.